The molecule has 0 saturated carbocycles. The summed E-state index contributed by atoms with van der Waals surface area (Å²) in [6.07, 6.45) is 2.78. The monoisotopic (exact) mass is 445 g/mol. The highest BCUT2D eigenvalue weighted by Gasteiger charge is 2.27. The molecule has 1 aliphatic rings. The molecular weight excluding hydrogens is 422 g/mol. The number of imidazole rings is 1. The zero-order valence-electron chi connectivity index (χ0n) is 16.8. The molecule has 0 N–H and O–H groups in total. The Morgan fingerprint density at radius 3 is 2.60 bits per heavy atom. The van der Waals surface area contributed by atoms with Crippen molar-refractivity contribution < 1.29 is 13.2 Å². The quantitative estimate of drug-likeness (QED) is 0.570. The molecule has 6 nitrogen and oxygen atoms in total. The van der Waals surface area contributed by atoms with Crippen LogP contribution in [0.1, 0.15) is 24.7 Å². The number of aryl methyl sites for hydroxylation is 1. The number of rotatable bonds is 6. The van der Waals surface area contributed by atoms with Crippen molar-refractivity contribution >= 4 is 43.8 Å². The first-order chi connectivity index (χ1) is 14.5. The molecule has 30 heavy (non-hydrogen) atoms. The van der Waals surface area contributed by atoms with Crippen LogP contribution >= 0.6 is 11.6 Å². The van der Waals surface area contributed by atoms with E-state index in [0.29, 0.717) is 42.7 Å². The number of fused-ring (bicyclic) bond motifs is 1. The van der Waals surface area contributed by atoms with E-state index in [1.807, 2.05) is 47.0 Å². The second-order valence-electron chi connectivity index (χ2n) is 7.16. The molecule has 2 aromatic carbocycles. The standard InChI is InChI=1S/C22H24ClN3O3S/c1-2-10-26-21-9-8-18(30(27,28)25-11-13-29-14-12-25)16-20(21)24-22(26)19(23)15-17-6-4-3-5-7-17/h3-9,15-16H,2,10-14H2,1H3/b19-15-. The van der Waals surface area contributed by atoms with Crippen molar-refractivity contribution in [3.05, 3.63) is 59.9 Å². The third-order valence-corrected chi connectivity index (χ3v) is 7.25. The molecule has 1 aliphatic heterocycles. The van der Waals surface area contributed by atoms with Crippen molar-refractivity contribution in [1.29, 1.82) is 0 Å². The second-order valence-corrected chi connectivity index (χ2v) is 9.50. The molecule has 1 fully saturated rings. The minimum absolute atomic E-state index is 0.243. The average Bonchev–Trinajstić information content (AvgIpc) is 3.13. The van der Waals surface area contributed by atoms with Gasteiger partial charge in [-0.1, -0.05) is 48.9 Å². The van der Waals surface area contributed by atoms with Gasteiger partial charge in [0.2, 0.25) is 10.0 Å². The number of aromatic nitrogens is 2. The van der Waals surface area contributed by atoms with Gasteiger partial charge in [0.15, 0.2) is 5.82 Å². The van der Waals surface area contributed by atoms with E-state index in [2.05, 4.69) is 6.92 Å². The van der Waals surface area contributed by atoms with Crippen LogP contribution in [0.2, 0.25) is 0 Å². The molecule has 0 aliphatic carbocycles. The van der Waals surface area contributed by atoms with Crippen LogP contribution in [0.15, 0.2) is 53.4 Å². The van der Waals surface area contributed by atoms with Gasteiger partial charge in [-0.25, -0.2) is 13.4 Å². The summed E-state index contributed by atoms with van der Waals surface area (Å²) >= 11 is 6.64. The third kappa shape index (κ3) is 4.16. The molecule has 0 spiro atoms. The Morgan fingerprint density at radius 1 is 1.17 bits per heavy atom. The molecular formula is C22H24ClN3O3S. The van der Waals surface area contributed by atoms with Gasteiger partial charge in [-0.05, 0) is 36.3 Å². The summed E-state index contributed by atoms with van der Waals surface area (Å²) < 4.78 is 34.8. The minimum Gasteiger partial charge on any atom is -0.379 e. The molecule has 8 heteroatoms. The van der Waals surface area contributed by atoms with E-state index in [9.17, 15) is 8.42 Å². The van der Waals surface area contributed by atoms with Gasteiger partial charge in [-0.3, -0.25) is 0 Å². The molecule has 3 aromatic rings. The van der Waals surface area contributed by atoms with Gasteiger partial charge in [0.1, 0.15) is 0 Å². The van der Waals surface area contributed by atoms with Gasteiger partial charge in [0.25, 0.3) is 0 Å². The summed E-state index contributed by atoms with van der Waals surface area (Å²) in [6, 6.07) is 14.9. The Morgan fingerprint density at radius 2 is 1.90 bits per heavy atom. The number of halogens is 1. The Bertz CT molecular complexity index is 1170. The van der Waals surface area contributed by atoms with E-state index in [-0.39, 0.29) is 4.90 Å². The third-order valence-electron chi connectivity index (χ3n) is 5.08. The lowest BCUT2D eigenvalue weighted by molar-refractivity contribution is 0.0730. The van der Waals surface area contributed by atoms with E-state index >= 15 is 0 Å². The minimum atomic E-state index is -3.58. The van der Waals surface area contributed by atoms with Crippen LogP contribution in [0.3, 0.4) is 0 Å². The van der Waals surface area contributed by atoms with Gasteiger partial charge in [0, 0.05) is 19.6 Å². The summed E-state index contributed by atoms with van der Waals surface area (Å²) in [4.78, 5) is 4.95. The van der Waals surface area contributed by atoms with Crippen molar-refractivity contribution in [2.45, 2.75) is 24.8 Å². The zero-order valence-corrected chi connectivity index (χ0v) is 18.4. The zero-order chi connectivity index (χ0) is 21.1. The fourth-order valence-corrected chi connectivity index (χ4v) is 5.30. The molecule has 1 saturated heterocycles. The topological polar surface area (TPSA) is 64.4 Å². The summed E-state index contributed by atoms with van der Waals surface area (Å²) in [7, 11) is -3.58. The maximum absolute atomic E-state index is 13.0. The first kappa shape index (κ1) is 21.1. The van der Waals surface area contributed by atoms with Crippen molar-refractivity contribution in [2.24, 2.45) is 0 Å². The fourth-order valence-electron chi connectivity index (χ4n) is 3.60. The van der Waals surface area contributed by atoms with Crippen molar-refractivity contribution in [3.63, 3.8) is 0 Å². The predicted octanol–water partition coefficient (Wildman–Crippen LogP) is 4.20. The van der Waals surface area contributed by atoms with Gasteiger partial charge in [-0.2, -0.15) is 4.31 Å². The van der Waals surface area contributed by atoms with Crippen LogP contribution in [0, 0.1) is 0 Å². The van der Waals surface area contributed by atoms with E-state index in [1.165, 1.54) is 4.31 Å². The second kappa shape index (κ2) is 8.89. The number of nitrogens with zero attached hydrogens (tertiary/aromatic N) is 3. The van der Waals surface area contributed by atoms with Gasteiger partial charge in [0.05, 0.1) is 34.2 Å². The highest BCUT2D eigenvalue weighted by Crippen LogP contribution is 2.29. The van der Waals surface area contributed by atoms with Crippen LogP contribution in [-0.2, 0) is 21.3 Å². The number of hydrogen-bond donors (Lipinski definition) is 0. The molecule has 158 valence electrons. The van der Waals surface area contributed by atoms with Crippen molar-refractivity contribution in [2.75, 3.05) is 26.3 Å². The highest BCUT2D eigenvalue weighted by molar-refractivity contribution is 7.89. The number of sulfonamides is 1. The predicted molar refractivity (Wildman–Crippen MR) is 120 cm³/mol. The van der Waals surface area contributed by atoms with Gasteiger partial charge < -0.3 is 9.30 Å². The fraction of sp³-hybridized carbons (Fsp3) is 0.318. The Balaban J connectivity index is 1.77. The van der Waals surface area contributed by atoms with Crippen LogP contribution < -0.4 is 0 Å². The Hall–Kier alpha value is -2.19. The largest absolute Gasteiger partial charge is 0.379 e. The highest BCUT2D eigenvalue weighted by atomic mass is 35.5. The Labute approximate surface area is 181 Å². The number of benzene rings is 2. The summed E-state index contributed by atoms with van der Waals surface area (Å²) in [6.45, 7) is 4.37. The number of morpholine rings is 1. The first-order valence-corrected chi connectivity index (χ1v) is 11.8. The van der Waals surface area contributed by atoms with E-state index < -0.39 is 10.0 Å². The lowest BCUT2D eigenvalue weighted by Gasteiger charge is -2.26. The summed E-state index contributed by atoms with van der Waals surface area (Å²) in [5.41, 5.74) is 2.47. The van der Waals surface area contributed by atoms with E-state index in [1.54, 1.807) is 12.1 Å². The SMILES string of the molecule is CCCn1c(/C(Cl)=C/c2ccccc2)nc2cc(S(=O)(=O)N3CCOCC3)ccc21. The van der Waals surface area contributed by atoms with E-state index in [4.69, 9.17) is 21.3 Å². The van der Waals surface area contributed by atoms with Crippen LogP contribution in [-0.4, -0.2) is 48.6 Å². The lowest BCUT2D eigenvalue weighted by atomic mass is 10.2. The number of ether oxygens (including phenoxy) is 1. The molecule has 1 aromatic heterocycles. The molecule has 0 unspecified atom stereocenters. The lowest BCUT2D eigenvalue weighted by Crippen LogP contribution is -2.40. The van der Waals surface area contributed by atoms with Crippen LogP contribution in [0.5, 0.6) is 0 Å². The van der Waals surface area contributed by atoms with Crippen molar-refractivity contribution in [3.8, 4) is 0 Å². The maximum Gasteiger partial charge on any atom is 0.243 e. The summed E-state index contributed by atoms with van der Waals surface area (Å²) in [5, 5.41) is 0.517. The average molecular weight is 446 g/mol. The van der Waals surface area contributed by atoms with Gasteiger partial charge in [-0.15, -0.1) is 0 Å². The van der Waals surface area contributed by atoms with E-state index in [0.717, 1.165) is 24.0 Å². The first-order valence-electron chi connectivity index (χ1n) is 10.0. The Kier molecular flexibility index (Phi) is 6.24. The summed E-state index contributed by atoms with van der Waals surface area (Å²) in [5.74, 6) is 0.637. The van der Waals surface area contributed by atoms with Crippen LogP contribution in [0.25, 0.3) is 22.1 Å². The van der Waals surface area contributed by atoms with Gasteiger partial charge >= 0.3 is 0 Å². The molecule has 4 rings (SSSR count). The molecule has 0 bridgehead atoms. The molecule has 2 heterocycles. The molecule has 0 atom stereocenters. The normalized spacial score (nSPS) is 16.3. The smallest absolute Gasteiger partial charge is 0.243 e. The van der Waals surface area contributed by atoms with Crippen molar-refractivity contribution in [1.82, 2.24) is 13.9 Å². The maximum atomic E-state index is 13.0. The van der Waals surface area contributed by atoms with Crippen LogP contribution in [0.4, 0.5) is 0 Å². The molecule has 0 amide bonds. The number of hydrogen-bond acceptors (Lipinski definition) is 4. The molecule has 0 radical (unpaired) electrons.